The Morgan fingerprint density at radius 2 is 2.03 bits per heavy atom. The Morgan fingerprint density at radius 3 is 2.82 bits per heavy atom. The van der Waals surface area contributed by atoms with E-state index in [0.717, 1.165) is 53.1 Å². The maximum Gasteiger partial charge on any atom is 0.304 e. The first-order valence-electron chi connectivity index (χ1n) is 11.7. The molecule has 1 N–H and O–H groups in total. The third-order valence-electron chi connectivity index (χ3n) is 6.72. The zero-order valence-corrected chi connectivity index (χ0v) is 20.1. The molecule has 0 radical (unpaired) electrons. The van der Waals surface area contributed by atoms with Gasteiger partial charge in [-0.15, -0.1) is 0 Å². The molecule has 0 amide bonds. The zero-order valence-electron chi connectivity index (χ0n) is 19.3. The number of ether oxygens (including phenoxy) is 1. The Labute approximate surface area is 204 Å². The van der Waals surface area contributed by atoms with Crippen molar-refractivity contribution in [1.82, 2.24) is 9.55 Å². The first kappa shape index (κ1) is 22.5. The molecule has 0 saturated carbocycles. The third kappa shape index (κ3) is 4.16. The predicted octanol–water partition coefficient (Wildman–Crippen LogP) is 6.29. The number of aryl methyl sites for hydroxylation is 3. The summed E-state index contributed by atoms with van der Waals surface area (Å²) in [6, 6.07) is 18.5. The molecule has 3 aromatic carbocycles. The van der Waals surface area contributed by atoms with Crippen molar-refractivity contribution < 1.29 is 14.6 Å². The number of imidazole rings is 1. The zero-order chi connectivity index (χ0) is 23.8. The second-order valence-electron chi connectivity index (χ2n) is 8.89. The highest BCUT2D eigenvalue weighted by Crippen LogP contribution is 2.37. The molecular formula is C28H27ClN2O3. The minimum Gasteiger partial charge on any atom is -0.493 e. The molecule has 0 unspecified atom stereocenters. The topological polar surface area (TPSA) is 64.4 Å². The molecule has 5 nitrogen and oxygen atoms in total. The molecule has 0 spiro atoms. The molecule has 1 atom stereocenters. The summed E-state index contributed by atoms with van der Waals surface area (Å²) in [6.45, 7) is 4.73. The number of aromatic nitrogens is 2. The van der Waals surface area contributed by atoms with E-state index in [4.69, 9.17) is 26.4 Å². The fourth-order valence-electron chi connectivity index (χ4n) is 4.92. The van der Waals surface area contributed by atoms with Gasteiger partial charge in [-0.2, -0.15) is 0 Å². The van der Waals surface area contributed by atoms with Crippen molar-refractivity contribution in [1.29, 1.82) is 0 Å². The van der Waals surface area contributed by atoms with E-state index in [2.05, 4.69) is 48.7 Å². The second kappa shape index (κ2) is 9.15. The van der Waals surface area contributed by atoms with E-state index in [1.54, 1.807) is 0 Å². The molecule has 0 fully saturated rings. The number of fused-ring (bicyclic) bond motifs is 2. The quantitative estimate of drug-likeness (QED) is 0.342. The van der Waals surface area contributed by atoms with Crippen molar-refractivity contribution >= 4 is 28.6 Å². The second-order valence-corrected chi connectivity index (χ2v) is 9.33. The number of carboxylic acid groups (broad SMARTS) is 1. The molecule has 174 valence electrons. The van der Waals surface area contributed by atoms with Gasteiger partial charge in [0.2, 0.25) is 0 Å². The fraction of sp³-hybridized carbons (Fsp3) is 0.286. The summed E-state index contributed by atoms with van der Waals surface area (Å²) in [5.41, 5.74) is 7.81. The van der Waals surface area contributed by atoms with Crippen LogP contribution in [0, 0.1) is 6.92 Å². The molecule has 6 heteroatoms. The van der Waals surface area contributed by atoms with Gasteiger partial charge in [0.05, 0.1) is 29.7 Å². The van der Waals surface area contributed by atoms with Gasteiger partial charge in [-0.25, -0.2) is 4.98 Å². The van der Waals surface area contributed by atoms with Gasteiger partial charge < -0.3 is 9.84 Å². The number of benzene rings is 3. The summed E-state index contributed by atoms with van der Waals surface area (Å²) in [5, 5.41) is 9.82. The lowest BCUT2D eigenvalue weighted by molar-refractivity contribution is -0.137. The maximum absolute atomic E-state index is 11.1. The van der Waals surface area contributed by atoms with Crippen molar-refractivity contribution in [3.8, 4) is 11.4 Å². The Kier molecular flexibility index (Phi) is 6.05. The van der Waals surface area contributed by atoms with Crippen LogP contribution >= 0.6 is 11.6 Å². The van der Waals surface area contributed by atoms with Crippen LogP contribution in [0.5, 0.6) is 5.75 Å². The van der Waals surface area contributed by atoms with Gasteiger partial charge in [0.1, 0.15) is 11.6 Å². The summed E-state index contributed by atoms with van der Waals surface area (Å²) in [6.07, 6.45) is 2.70. The number of rotatable bonds is 7. The fourth-order valence-corrected chi connectivity index (χ4v) is 5.09. The van der Waals surface area contributed by atoms with Crippen LogP contribution in [0.1, 0.15) is 47.3 Å². The lowest BCUT2D eigenvalue weighted by Gasteiger charge is -2.15. The molecule has 5 rings (SSSR count). The van der Waals surface area contributed by atoms with E-state index in [0.29, 0.717) is 11.6 Å². The smallest absolute Gasteiger partial charge is 0.304 e. The van der Waals surface area contributed by atoms with E-state index in [-0.39, 0.29) is 12.3 Å². The molecule has 1 aliphatic heterocycles. The van der Waals surface area contributed by atoms with Crippen molar-refractivity contribution in [2.24, 2.45) is 0 Å². The summed E-state index contributed by atoms with van der Waals surface area (Å²) in [5.74, 6) is 0.986. The van der Waals surface area contributed by atoms with Crippen LogP contribution in [0.4, 0.5) is 0 Å². The van der Waals surface area contributed by atoms with Gasteiger partial charge in [0.15, 0.2) is 0 Å². The monoisotopic (exact) mass is 474 g/mol. The maximum atomic E-state index is 11.1. The van der Waals surface area contributed by atoms with Gasteiger partial charge in [0.25, 0.3) is 0 Å². The Morgan fingerprint density at radius 1 is 1.18 bits per heavy atom. The number of aliphatic carboxylic acids is 1. The van der Waals surface area contributed by atoms with Crippen molar-refractivity contribution in [2.45, 2.75) is 45.4 Å². The normalized spacial score (nSPS) is 14.9. The summed E-state index contributed by atoms with van der Waals surface area (Å²) in [7, 11) is 0. The van der Waals surface area contributed by atoms with Gasteiger partial charge >= 0.3 is 5.97 Å². The number of carbonyl (C=O) groups is 1. The van der Waals surface area contributed by atoms with Crippen LogP contribution in [0.25, 0.3) is 16.7 Å². The lowest BCUT2D eigenvalue weighted by Crippen LogP contribution is -2.07. The predicted molar refractivity (Wildman–Crippen MR) is 135 cm³/mol. The standard InChI is InChI=1S/C28H27ClN2O3/c1-3-27-30-23-12-10-21(29)15-25(23)31(27)24-6-4-5-19(17(24)2)9-7-18-8-11-22-20(14-28(32)33)16-34-26(22)13-18/h4-6,8,10-13,15,20H,3,7,9,14,16H2,1-2H3,(H,32,33)/t20-/m1/s1. The molecule has 0 aliphatic carbocycles. The summed E-state index contributed by atoms with van der Waals surface area (Å²) < 4.78 is 8.02. The highest BCUT2D eigenvalue weighted by molar-refractivity contribution is 6.31. The molecule has 34 heavy (non-hydrogen) atoms. The van der Waals surface area contributed by atoms with Crippen LogP contribution in [-0.4, -0.2) is 27.2 Å². The van der Waals surface area contributed by atoms with Crippen LogP contribution in [0.2, 0.25) is 5.02 Å². The highest BCUT2D eigenvalue weighted by Gasteiger charge is 2.26. The molecular weight excluding hydrogens is 448 g/mol. The van der Waals surface area contributed by atoms with Crippen LogP contribution in [0.3, 0.4) is 0 Å². The van der Waals surface area contributed by atoms with Crippen LogP contribution in [-0.2, 0) is 24.1 Å². The first-order chi connectivity index (χ1) is 16.4. The van der Waals surface area contributed by atoms with Crippen molar-refractivity contribution in [2.75, 3.05) is 6.61 Å². The van der Waals surface area contributed by atoms with E-state index >= 15 is 0 Å². The SMILES string of the molecule is CCc1nc2ccc(Cl)cc2n1-c1cccc(CCc2ccc3c(c2)OC[C@H]3CC(=O)O)c1C. The first-order valence-corrected chi connectivity index (χ1v) is 12.1. The van der Waals surface area contributed by atoms with Crippen LogP contribution < -0.4 is 4.74 Å². The van der Waals surface area contributed by atoms with Crippen molar-refractivity contribution in [3.63, 3.8) is 0 Å². The minimum atomic E-state index is -0.792. The van der Waals surface area contributed by atoms with Crippen LogP contribution in [0.15, 0.2) is 54.6 Å². The molecule has 4 aromatic rings. The van der Waals surface area contributed by atoms with E-state index < -0.39 is 5.97 Å². The van der Waals surface area contributed by atoms with E-state index in [1.807, 2.05) is 24.3 Å². The number of nitrogens with zero attached hydrogens (tertiary/aromatic N) is 2. The molecule has 1 aromatic heterocycles. The van der Waals surface area contributed by atoms with Gasteiger partial charge in [-0.1, -0.05) is 42.8 Å². The van der Waals surface area contributed by atoms with E-state index in [9.17, 15) is 4.79 Å². The molecule has 0 bridgehead atoms. The Hall–Kier alpha value is -3.31. The van der Waals surface area contributed by atoms with E-state index in [1.165, 1.54) is 16.7 Å². The minimum absolute atomic E-state index is 0.0632. The number of carboxylic acids is 1. The van der Waals surface area contributed by atoms with Gasteiger partial charge in [-0.3, -0.25) is 9.36 Å². The van der Waals surface area contributed by atoms with Gasteiger partial charge in [0, 0.05) is 22.9 Å². The Bertz CT molecular complexity index is 1390. The largest absolute Gasteiger partial charge is 0.493 e. The summed E-state index contributed by atoms with van der Waals surface area (Å²) >= 11 is 6.31. The van der Waals surface area contributed by atoms with Gasteiger partial charge in [-0.05, 0) is 66.8 Å². The van der Waals surface area contributed by atoms with Crippen molar-refractivity contribution in [3.05, 3.63) is 87.7 Å². The summed E-state index contributed by atoms with van der Waals surface area (Å²) in [4.78, 5) is 15.9. The number of hydrogen-bond donors (Lipinski definition) is 1. The number of hydrogen-bond acceptors (Lipinski definition) is 3. The lowest BCUT2D eigenvalue weighted by atomic mass is 9.94. The molecule has 1 aliphatic rings. The third-order valence-corrected chi connectivity index (χ3v) is 6.96. The molecule has 2 heterocycles. The average Bonchev–Trinajstić information content (AvgIpc) is 3.38. The highest BCUT2D eigenvalue weighted by atomic mass is 35.5. The number of halogens is 1. The average molecular weight is 475 g/mol. The molecule has 0 saturated heterocycles. The Balaban J connectivity index is 1.41.